The largest absolute Gasteiger partial charge is 0.497 e. The van der Waals surface area contributed by atoms with Crippen molar-refractivity contribution in [2.24, 2.45) is 0 Å². The number of halogens is 1. The number of aromatic nitrogens is 3. The zero-order chi connectivity index (χ0) is 20.9. The van der Waals surface area contributed by atoms with Crippen LogP contribution in [0.2, 0.25) is 5.02 Å². The lowest BCUT2D eigenvalue weighted by Crippen LogP contribution is -2.05. The summed E-state index contributed by atoms with van der Waals surface area (Å²) < 4.78 is 5.39. The predicted octanol–water partition coefficient (Wildman–Crippen LogP) is 6.23. The molecule has 0 saturated heterocycles. The van der Waals surface area contributed by atoms with Crippen LogP contribution in [0.3, 0.4) is 0 Å². The van der Waals surface area contributed by atoms with Crippen molar-refractivity contribution in [2.45, 2.75) is 19.8 Å². The molecule has 1 N–H and O–H groups in total. The Morgan fingerprint density at radius 2 is 1.83 bits per heavy atom. The maximum atomic E-state index is 6.13. The molecule has 152 valence electrons. The molecule has 4 aromatic rings. The molecular formula is C24H23ClN4O. The topological polar surface area (TPSA) is 59.9 Å². The molecule has 30 heavy (non-hydrogen) atoms. The molecule has 0 fully saturated rings. The zero-order valence-corrected chi connectivity index (χ0v) is 17.8. The van der Waals surface area contributed by atoms with Gasteiger partial charge in [0, 0.05) is 17.1 Å². The summed E-state index contributed by atoms with van der Waals surface area (Å²) in [6, 6.07) is 17.7. The van der Waals surface area contributed by atoms with Crippen LogP contribution < -0.4 is 10.1 Å². The van der Waals surface area contributed by atoms with E-state index in [4.69, 9.17) is 21.3 Å². The first-order valence-corrected chi connectivity index (χ1v) is 10.4. The summed E-state index contributed by atoms with van der Waals surface area (Å²) in [4.78, 5) is 13.8. The molecule has 0 amide bonds. The molecule has 2 aromatic heterocycles. The summed E-state index contributed by atoms with van der Waals surface area (Å²) in [7, 11) is 1.66. The lowest BCUT2D eigenvalue weighted by molar-refractivity contribution is 0.415. The van der Waals surface area contributed by atoms with Gasteiger partial charge in [0.25, 0.3) is 0 Å². The van der Waals surface area contributed by atoms with E-state index >= 15 is 0 Å². The minimum Gasteiger partial charge on any atom is -0.497 e. The van der Waals surface area contributed by atoms with Crippen molar-refractivity contribution in [3.05, 3.63) is 65.9 Å². The monoisotopic (exact) mass is 418 g/mol. The van der Waals surface area contributed by atoms with Gasteiger partial charge in [0.05, 0.1) is 18.2 Å². The fraction of sp³-hybridized carbons (Fsp3) is 0.208. The van der Waals surface area contributed by atoms with E-state index < -0.39 is 0 Å². The van der Waals surface area contributed by atoms with E-state index in [0.717, 1.165) is 58.7 Å². The van der Waals surface area contributed by atoms with Crippen molar-refractivity contribution in [2.75, 3.05) is 19.0 Å². The Labute approximate surface area is 181 Å². The molecule has 0 unspecified atom stereocenters. The number of hydrogen-bond acceptors (Lipinski definition) is 5. The third-order valence-corrected chi connectivity index (χ3v) is 5.20. The average molecular weight is 419 g/mol. The molecule has 0 radical (unpaired) electrons. The van der Waals surface area contributed by atoms with Gasteiger partial charge in [-0.2, -0.15) is 0 Å². The van der Waals surface area contributed by atoms with Gasteiger partial charge in [-0.15, -0.1) is 0 Å². The van der Waals surface area contributed by atoms with Gasteiger partial charge in [-0.1, -0.05) is 49.2 Å². The van der Waals surface area contributed by atoms with Gasteiger partial charge in [-0.05, 0) is 47.9 Å². The number of methoxy groups -OCH3 is 1. The third-order valence-electron chi connectivity index (χ3n) is 4.95. The highest BCUT2D eigenvalue weighted by atomic mass is 35.5. The molecule has 0 saturated carbocycles. The van der Waals surface area contributed by atoms with Crippen LogP contribution in [0.5, 0.6) is 5.75 Å². The summed E-state index contributed by atoms with van der Waals surface area (Å²) in [5.74, 6) is 1.58. The van der Waals surface area contributed by atoms with Gasteiger partial charge < -0.3 is 10.1 Å². The number of hydrogen-bond donors (Lipinski definition) is 1. The molecule has 0 bridgehead atoms. The fourth-order valence-electron chi connectivity index (χ4n) is 3.37. The van der Waals surface area contributed by atoms with Crippen molar-refractivity contribution in [1.82, 2.24) is 15.0 Å². The Balaban J connectivity index is 1.93. The van der Waals surface area contributed by atoms with E-state index in [-0.39, 0.29) is 0 Å². The standard InChI is InChI=1S/C24H23ClN4O/c1-3-4-12-26-23-22-20(16-8-10-18(25)11-9-16)14-21(29-24(22)28-15-27-23)17-6-5-7-19(13-17)30-2/h5-11,13-15H,3-4,12H2,1-2H3,(H,26,27,28,29). The maximum Gasteiger partial charge on any atom is 0.165 e. The van der Waals surface area contributed by atoms with E-state index in [1.54, 1.807) is 13.4 Å². The normalized spacial score (nSPS) is 10.9. The molecule has 0 aliphatic rings. The Hall–Kier alpha value is -3.18. The van der Waals surface area contributed by atoms with Crippen LogP contribution in [0.15, 0.2) is 60.9 Å². The van der Waals surface area contributed by atoms with Crippen molar-refractivity contribution in [3.63, 3.8) is 0 Å². The van der Waals surface area contributed by atoms with Crippen LogP contribution in [0.25, 0.3) is 33.4 Å². The minimum absolute atomic E-state index is 0.647. The van der Waals surface area contributed by atoms with E-state index in [1.165, 1.54) is 0 Å². The van der Waals surface area contributed by atoms with E-state index in [1.807, 2.05) is 48.5 Å². The van der Waals surface area contributed by atoms with Crippen LogP contribution in [-0.4, -0.2) is 28.6 Å². The SMILES string of the molecule is CCCCNc1ncnc2nc(-c3cccc(OC)c3)cc(-c3ccc(Cl)cc3)c12. The second kappa shape index (κ2) is 9.09. The first-order chi connectivity index (χ1) is 14.7. The number of pyridine rings is 1. The molecular weight excluding hydrogens is 396 g/mol. The summed E-state index contributed by atoms with van der Waals surface area (Å²) in [6.45, 7) is 3.02. The highest BCUT2D eigenvalue weighted by Crippen LogP contribution is 2.35. The second-order valence-electron chi connectivity index (χ2n) is 7.00. The number of benzene rings is 2. The number of ether oxygens (including phenoxy) is 1. The van der Waals surface area contributed by atoms with E-state index in [2.05, 4.69) is 28.3 Å². The quantitative estimate of drug-likeness (QED) is 0.360. The van der Waals surface area contributed by atoms with Crippen molar-refractivity contribution in [3.8, 4) is 28.1 Å². The molecule has 2 heterocycles. The van der Waals surface area contributed by atoms with Crippen molar-refractivity contribution < 1.29 is 4.74 Å². The van der Waals surface area contributed by atoms with E-state index in [0.29, 0.717) is 10.7 Å². The van der Waals surface area contributed by atoms with Gasteiger partial charge in [0.2, 0.25) is 0 Å². The highest BCUT2D eigenvalue weighted by Gasteiger charge is 2.15. The summed E-state index contributed by atoms with van der Waals surface area (Å²) in [6.07, 6.45) is 3.74. The highest BCUT2D eigenvalue weighted by molar-refractivity contribution is 6.30. The number of anilines is 1. The molecule has 0 aliphatic carbocycles. The first-order valence-electron chi connectivity index (χ1n) is 9.99. The predicted molar refractivity (Wildman–Crippen MR) is 123 cm³/mol. The number of nitrogens with zero attached hydrogens (tertiary/aromatic N) is 3. The lowest BCUT2D eigenvalue weighted by Gasteiger charge is -2.14. The Morgan fingerprint density at radius 3 is 2.60 bits per heavy atom. The number of nitrogens with one attached hydrogen (secondary N) is 1. The summed E-state index contributed by atoms with van der Waals surface area (Å²) in [5, 5.41) is 5.05. The van der Waals surface area contributed by atoms with Crippen molar-refractivity contribution in [1.29, 1.82) is 0 Å². The van der Waals surface area contributed by atoms with Crippen LogP contribution in [0.4, 0.5) is 5.82 Å². The van der Waals surface area contributed by atoms with Crippen LogP contribution in [0.1, 0.15) is 19.8 Å². The fourth-order valence-corrected chi connectivity index (χ4v) is 3.50. The van der Waals surface area contributed by atoms with Gasteiger partial charge in [-0.3, -0.25) is 0 Å². The van der Waals surface area contributed by atoms with Gasteiger partial charge in [0.15, 0.2) is 5.65 Å². The average Bonchev–Trinajstić information content (AvgIpc) is 2.79. The second-order valence-corrected chi connectivity index (χ2v) is 7.43. The molecule has 0 aliphatic heterocycles. The minimum atomic E-state index is 0.647. The molecule has 2 aromatic carbocycles. The maximum absolute atomic E-state index is 6.13. The molecule has 6 heteroatoms. The van der Waals surface area contributed by atoms with E-state index in [9.17, 15) is 0 Å². The molecule has 5 nitrogen and oxygen atoms in total. The van der Waals surface area contributed by atoms with Gasteiger partial charge in [0.1, 0.15) is 17.9 Å². The zero-order valence-electron chi connectivity index (χ0n) is 17.0. The van der Waals surface area contributed by atoms with Crippen molar-refractivity contribution >= 4 is 28.5 Å². The lowest BCUT2D eigenvalue weighted by atomic mass is 9.99. The number of unbranched alkanes of at least 4 members (excludes halogenated alkanes) is 1. The third kappa shape index (κ3) is 4.21. The Kier molecular flexibility index (Phi) is 6.10. The van der Waals surface area contributed by atoms with Crippen LogP contribution in [0, 0.1) is 0 Å². The molecule has 0 atom stereocenters. The smallest absolute Gasteiger partial charge is 0.165 e. The number of fused-ring (bicyclic) bond motifs is 1. The molecule has 4 rings (SSSR count). The van der Waals surface area contributed by atoms with Gasteiger partial charge >= 0.3 is 0 Å². The Morgan fingerprint density at radius 1 is 1.00 bits per heavy atom. The van der Waals surface area contributed by atoms with Gasteiger partial charge in [-0.25, -0.2) is 15.0 Å². The number of rotatable bonds is 7. The summed E-state index contributed by atoms with van der Waals surface area (Å²) >= 11 is 6.13. The molecule has 0 spiro atoms. The van der Waals surface area contributed by atoms with Crippen LogP contribution in [-0.2, 0) is 0 Å². The Bertz CT molecular complexity index is 1160. The van der Waals surface area contributed by atoms with Crippen LogP contribution >= 0.6 is 11.6 Å². The first kappa shape index (κ1) is 20.1. The summed E-state index contributed by atoms with van der Waals surface area (Å²) in [5.41, 5.74) is 4.47.